The van der Waals surface area contributed by atoms with E-state index < -0.39 is 23.3 Å². The molecule has 9 heteroatoms. The summed E-state index contributed by atoms with van der Waals surface area (Å²) >= 11 is 0. The Balaban J connectivity index is 1.62. The van der Waals surface area contributed by atoms with Crippen LogP contribution in [0.3, 0.4) is 0 Å². The Labute approximate surface area is 224 Å². The van der Waals surface area contributed by atoms with Crippen molar-refractivity contribution < 1.29 is 43.2 Å². The molecule has 0 amide bonds. The fourth-order valence-electron chi connectivity index (χ4n) is 4.04. The molecule has 1 aromatic carbocycles. The SMILES string of the molecule is C=CC(=O)OCC(C)(C)COC(=O)CCC(=O)OCCc1ccc(OC(=O)C2CCC(C(C)O)CC2)cc1. The van der Waals surface area contributed by atoms with E-state index >= 15 is 0 Å². The van der Waals surface area contributed by atoms with Crippen LogP contribution in [-0.2, 0) is 39.8 Å². The van der Waals surface area contributed by atoms with Crippen LogP contribution in [0.2, 0.25) is 0 Å². The standard InChI is InChI=1S/C29H40O9/c1-5-25(31)36-18-29(3,4)19-37-27(33)15-14-26(32)35-17-16-21-6-12-24(13-7-21)38-28(34)23-10-8-22(9-11-23)20(2)30/h5-7,12-13,20,22-23,30H,1,8-11,14-19H2,2-4H3. The van der Waals surface area contributed by atoms with Gasteiger partial charge in [0.1, 0.15) is 5.75 Å². The summed E-state index contributed by atoms with van der Waals surface area (Å²) in [5.74, 6) is -1.25. The number of hydrogen-bond donors (Lipinski definition) is 1. The van der Waals surface area contributed by atoms with Gasteiger partial charge in [0.15, 0.2) is 0 Å². The van der Waals surface area contributed by atoms with E-state index in [-0.39, 0.29) is 56.6 Å². The normalized spacial score (nSPS) is 18.1. The molecule has 0 spiro atoms. The molecule has 9 nitrogen and oxygen atoms in total. The molecule has 0 saturated heterocycles. The average Bonchev–Trinajstić information content (AvgIpc) is 2.90. The molecule has 0 aromatic heterocycles. The number of rotatable bonds is 14. The summed E-state index contributed by atoms with van der Waals surface area (Å²) in [5.41, 5.74) is 0.343. The van der Waals surface area contributed by atoms with E-state index in [1.807, 2.05) is 12.1 Å². The van der Waals surface area contributed by atoms with Gasteiger partial charge in [-0.3, -0.25) is 14.4 Å². The van der Waals surface area contributed by atoms with Crippen molar-refractivity contribution in [1.82, 2.24) is 0 Å². The van der Waals surface area contributed by atoms with Crippen molar-refractivity contribution in [1.29, 1.82) is 0 Å². The van der Waals surface area contributed by atoms with Crippen molar-refractivity contribution in [3.05, 3.63) is 42.5 Å². The minimum absolute atomic E-state index is 0.0424. The van der Waals surface area contributed by atoms with Crippen LogP contribution < -0.4 is 4.74 Å². The Morgan fingerprint density at radius 1 is 0.974 bits per heavy atom. The first-order valence-electron chi connectivity index (χ1n) is 13.1. The lowest BCUT2D eigenvalue weighted by Crippen LogP contribution is -2.29. The van der Waals surface area contributed by atoms with Crippen molar-refractivity contribution in [2.75, 3.05) is 19.8 Å². The predicted molar refractivity (Wildman–Crippen MR) is 139 cm³/mol. The summed E-state index contributed by atoms with van der Waals surface area (Å²) in [6.07, 6.45) is 4.08. The molecule has 0 bridgehead atoms. The number of hydrogen-bond acceptors (Lipinski definition) is 9. The minimum Gasteiger partial charge on any atom is -0.465 e. The first-order valence-corrected chi connectivity index (χ1v) is 13.1. The van der Waals surface area contributed by atoms with Crippen molar-refractivity contribution in [2.45, 2.75) is 71.8 Å². The highest BCUT2D eigenvalue weighted by molar-refractivity contribution is 5.81. The first-order chi connectivity index (χ1) is 18.0. The molecular weight excluding hydrogens is 492 g/mol. The first kappa shape index (κ1) is 31.0. The predicted octanol–water partition coefficient (Wildman–Crippen LogP) is 3.94. The highest BCUT2D eigenvalue weighted by Gasteiger charge is 2.29. The Morgan fingerprint density at radius 2 is 1.55 bits per heavy atom. The van der Waals surface area contributed by atoms with Gasteiger partial charge >= 0.3 is 23.9 Å². The van der Waals surface area contributed by atoms with Gasteiger partial charge in [-0.25, -0.2) is 4.79 Å². The molecule has 1 aliphatic rings. The number of esters is 4. The van der Waals surface area contributed by atoms with E-state index in [2.05, 4.69) is 6.58 Å². The number of ether oxygens (including phenoxy) is 4. The molecular formula is C29H40O9. The van der Waals surface area contributed by atoms with E-state index in [1.165, 1.54) is 0 Å². The summed E-state index contributed by atoms with van der Waals surface area (Å²) in [6.45, 7) is 8.95. The Bertz CT molecular complexity index is 941. The fraction of sp³-hybridized carbons (Fsp3) is 0.586. The largest absolute Gasteiger partial charge is 0.465 e. The van der Waals surface area contributed by atoms with Crippen LogP contribution >= 0.6 is 0 Å². The third kappa shape index (κ3) is 11.5. The van der Waals surface area contributed by atoms with Crippen molar-refractivity contribution in [2.24, 2.45) is 17.3 Å². The van der Waals surface area contributed by atoms with Gasteiger partial charge in [0.05, 0.1) is 44.7 Å². The molecule has 38 heavy (non-hydrogen) atoms. The van der Waals surface area contributed by atoms with Crippen molar-refractivity contribution >= 4 is 23.9 Å². The van der Waals surface area contributed by atoms with Gasteiger partial charge in [-0.1, -0.05) is 32.6 Å². The Kier molecular flexibility index (Phi) is 12.5. The van der Waals surface area contributed by atoms with Gasteiger partial charge in [-0.2, -0.15) is 0 Å². The summed E-state index contributed by atoms with van der Waals surface area (Å²) in [7, 11) is 0. The van der Waals surface area contributed by atoms with Crippen LogP contribution in [0.1, 0.15) is 64.9 Å². The van der Waals surface area contributed by atoms with Crippen molar-refractivity contribution in [3.8, 4) is 5.75 Å². The number of aliphatic hydroxyl groups excluding tert-OH is 1. The smallest absolute Gasteiger partial charge is 0.330 e. The second kappa shape index (κ2) is 15.3. The zero-order valence-corrected chi connectivity index (χ0v) is 22.6. The zero-order valence-electron chi connectivity index (χ0n) is 22.6. The number of carbonyl (C=O) groups excluding carboxylic acids is 4. The minimum atomic E-state index is -0.568. The molecule has 1 N–H and O–H groups in total. The van der Waals surface area contributed by atoms with E-state index in [9.17, 15) is 24.3 Å². The van der Waals surface area contributed by atoms with Crippen LogP contribution in [0, 0.1) is 17.3 Å². The van der Waals surface area contributed by atoms with E-state index in [0.717, 1.165) is 37.3 Å². The van der Waals surface area contributed by atoms with E-state index in [0.29, 0.717) is 12.2 Å². The fourth-order valence-corrected chi connectivity index (χ4v) is 4.04. The molecule has 2 rings (SSSR count). The van der Waals surface area contributed by atoms with Gasteiger partial charge in [-0.05, 0) is 56.2 Å². The van der Waals surface area contributed by atoms with Gasteiger partial charge in [0.25, 0.3) is 0 Å². The van der Waals surface area contributed by atoms with Gasteiger partial charge in [0, 0.05) is 17.9 Å². The third-order valence-electron chi connectivity index (χ3n) is 6.51. The van der Waals surface area contributed by atoms with Crippen LogP contribution in [0.25, 0.3) is 0 Å². The molecule has 1 unspecified atom stereocenters. The molecule has 1 atom stereocenters. The lowest BCUT2D eigenvalue weighted by Gasteiger charge is -2.28. The summed E-state index contributed by atoms with van der Waals surface area (Å²) in [5, 5.41) is 9.71. The van der Waals surface area contributed by atoms with Gasteiger partial charge in [-0.15, -0.1) is 0 Å². The van der Waals surface area contributed by atoms with Crippen LogP contribution in [0.15, 0.2) is 36.9 Å². The van der Waals surface area contributed by atoms with Crippen LogP contribution in [-0.4, -0.2) is 54.9 Å². The summed E-state index contributed by atoms with van der Waals surface area (Å²) < 4.78 is 20.9. The average molecular weight is 533 g/mol. The van der Waals surface area contributed by atoms with Crippen LogP contribution in [0.4, 0.5) is 0 Å². The molecule has 1 aliphatic carbocycles. The number of benzene rings is 1. The molecule has 1 aromatic rings. The highest BCUT2D eigenvalue weighted by atomic mass is 16.6. The molecule has 0 radical (unpaired) electrons. The van der Waals surface area contributed by atoms with Crippen LogP contribution in [0.5, 0.6) is 5.75 Å². The van der Waals surface area contributed by atoms with E-state index in [4.69, 9.17) is 18.9 Å². The number of carbonyl (C=O) groups is 4. The lowest BCUT2D eigenvalue weighted by atomic mass is 9.80. The topological polar surface area (TPSA) is 125 Å². The lowest BCUT2D eigenvalue weighted by molar-refractivity contribution is -0.154. The second-order valence-electron chi connectivity index (χ2n) is 10.5. The summed E-state index contributed by atoms with van der Waals surface area (Å²) in [4.78, 5) is 47.5. The number of aliphatic hydroxyl groups is 1. The third-order valence-corrected chi connectivity index (χ3v) is 6.51. The summed E-state index contributed by atoms with van der Waals surface area (Å²) in [6, 6.07) is 7.05. The molecule has 1 fully saturated rings. The Morgan fingerprint density at radius 3 is 2.13 bits per heavy atom. The van der Waals surface area contributed by atoms with Crippen molar-refractivity contribution in [3.63, 3.8) is 0 Å². The molecule has 1 saturated carbocycles. The molecule has 0 heterocycles. The second-order valence-corrected chi connectivity index (χ2v) is 10.5. The van der Waals surface area contributed by atoms with E-state index in [1.54, 1.807) is 32.9 Å². The maximum atomic E-state index is 12.4. The quantitative estimate of drug-likeness (QED) is 0.164. The Hall–Kier alpha value is -3.20. The highest BCUT2D eigenvalue weighted by Crippen LogP contribution is 2.32. The molecule has 210 valence electrons. The zero-order chi connectivity index (χ0) is 28.1. The maximum absolute atomic E-state index is 12.4. The monoisotopic (exact) mass is 532 g/mol. The maximum Gasteiger partial charge on any atom is 0.330 e. The van der Waals surface area contributed by atoms with Gasteiger partial charge in [0.2, 0.25) is 0 Å². The van der Waals surface area contributed by atoms with Gasteiger partial charge < -0.3 is 24.1 Å². The molecule has 0 aliphatic heterocycles.